The predicted molar refractivity (Wildman–Crippen MR) is 204 cm³/mol. The molecule has 1 unspecified atom stereocenters. The van der Waals surface area contributed by atoms with E-state index in [9.17, 15) is 27.9 Å². The maximum Gasteiger partial charge on any atom is 0.480 e. The summed E-state index contributed by atoms with van der Waals surface area (Å²) in [7, 11) is 1.81. The average Bonchev–Trinajstić information content (AvgIpc) is 3.47. The van der Waals surface area contributed by atoms with Gasteiger partial charge in [-0.05, 0) is 67.2 Å². The predicted octanol–water partition coefficient (Wildman–Crippen LogP) is 1.93. The number of fused-ring (bicyclic) bond motifs is 1. The Bertz CT molecular complexity index is 2150. The number of benzene rings is 1. The Hall–Kier alpha value is -5.43. The first kappa shape index (κ1) is 40.2. The number of aromatic nitrogens is 2. The molecule has 3 aliphatic heterocycles. The number of alkyl halides is 3. The summed E-state index contributed by atoms with van der Waals surface area (Å²) in [6.07, 6.45) is -1.21. The van der Waals surface area contributed by atoms with E-state index in [4.69, 9.17) is 10.5 Å². The molecule has 2 aromatic heterocycles. The van der Waals surface area contributed by atoms with Crippen LogP contribution in [0, 0.1) is 17.8 Å². The molecular weight excluding hydrogens is 727 g/mol. The number of nitrogens with one attached hydrogen (secondary N) is 1. The molecule has 3 aromatic rings. The minimum absolute atomic E-state index is 0.00353. The number of aliphatic imine (C=N–C) groups is 1. The molecule has 1 atom stereocenters. The van der Waals surface area contributed by atoms with Crippen molar-refractivity contribution in [3.05, 3.63) is 87.8 Å². The first-order valence-corrected chi connectivity index (χ1v) is 18.4. The molecule has 6 rings (SSSR count). The summed E-state index contributed by atoms with van der Waals surface area (Å²) in [5.41, 5.74) is 7.82. The van der Waals surface area contributed by atoms with Crippen molar-refractivity contribution >= 4 is 35.4 Å². The standard InChI is InChI=1S/C40H44F3N9O4/c1-6-50-13-15-51(16-14-50)24-28-9-10-29(19-31(28)40(41,42)43)47-34(53)18-26-17-25(21-45-22-26)7-8-27-23-46-37(44)48-35(27)33-20-30-32(49(33)5)11-12-52(36(30)54)38(55)56-39(2,3)4/h9-10,17,19-23,38,44,55H,6,11-16,18,24H2,1-5H3/p+2. The number of carbonyl (C=O) groups excluding carboxylic acids is 2. The fourth-order valence-corrected chi connectivity index (χ4v) is 6.86. The highest BCUT2D eigenvalue weighted by molar-refractivity contribution is 6.27. The number of nitrogens with zero attached hydrogens (tertiary/aromatic N) is 7. The van der Waals surface area contributed by atoms with Crippen LogP contribution < -0.4 is 20.3 Å². The Balaban J connectivity index is 1.14. The Morgan fingerprint density at radius 3 is 2.57 bits per heavy atom. The van der Waals surface area contributed by atoms with Gasteiger partial charge in [-0.25, -0.2) is 4.67 Å². The van der Waals surface area contributed by atoms with Gasteiger partial charge in [0.15, 0.2) is 11.6 Å². The fraction of sp³-hybridized carbons (Fsp3) is 0.425. The summed E-state index contributed by atoms with van der Waals surface area (Å²) < 4.78 is 54.0. The van der Waals surface area contributed by atoms with Gasteiger partial charge in [0, 0.05) is 57.6 Å². The topological polar surface area (TPSA) is 155 Å². The van der Waals surface area contributed by atoms with E-state index < -0.39 is 29.7 Å². The van der Waals surface area contributed by atoms with E-state index in [0.717, 1.165) is 31.4 Å². The van der Waals surface area contributed by atoms with Crippen molar-refractivity contribution in [2.75, 3.05) is 44.6 Å². The molecule has 56 heavy (non-hydrogen) atoms. The van der Waals surface area contributed by atoms with Gasteiger partial charge in [-0.15, -0.1) is 0 Å². The zero-order chi connectivity index (χ0) is 40.4. The number of ether oxygens (including phenoxy) is 1. The van der Waals surface area contributed by atoms with Crippen LogP contribution in [0.5, 0.6) is 0 Å². The van der Waals surface area contributed by atoms with Gasteiger partial charge in [-0.1, -0.05) is 19.1 Å². The van der Waals surface area contributed by atoms with Crippen molar-refractivity contribution in [2.24, 2.45) is 17.8 Å². The Labute approximate surface area is 323 Å². The Morgan fingerprint density at radius 2 is 1.88 bits per heavy atom. The van der Waals surface area contributed by atoms with Crippen molar-refractivity contribution < 1.29 is 37.2 Å². The number of halogens is 3. The number of anilines is 1. The van der Waals surface area contributed by atoms with Crippen LogP contribution in [0.15, 0.2) is 47.7 Å². The quantitative estimate of drug-likeness (QED) is 0.0981. The van der Waals surface area contributed by atoms with E-state index in [1.54, 1.807) is 40.0 Å². The van der Waals surface area contributed by atoms with Crippen molar-refractivity contribution in [3.63, 3.8) is 0 Å². The van der Waals surface area contributed by atoms with Crippen LogP contribution in [0.1, 0.15) is 71.7 Å². The molecule has 1 saturated heterocycles. The number of hydrogen-bond acceptors (Lipinski definition) is 9. The van der Waals surface area contributed by atoms with Gasteiger partial charge < -0.3 is 29.8 Å². The number of amides is 2. The molecule has 0 aliphatic carbocycles. The second kappa shape index (κ2) is 16.4. The van der Waals surface area contributed by atoms with E-state index in [0.29, 0.717) is 53.5 Å². The lowest BCUT2D eigenvalue weighted by molar-refractivity contribution is -0.677. The van der Waals surface area contributed by atoms with E-state index in [2.05, 4.69) is 43.6 Å². The smallest absolute Gasteiger partial charge is 0.352 e. The zero-order valence-corrected chi connectivity index (χ0v) is 32.1. The molecule has 1 fully saturated rings. The van der Waals surface area contributed by atoms with Gasteiger partial charge >= 0.3 is 12.1 Å². The number of likely N-dealkylation sites (N-methyl/N-ethyl adjacent to an activating group) is 1. The van der Waals surface area contributed by atoms with E-state index >= 15 is 0 Å². The van der Waals surface area contributed by atoms with Crippen LogP contribution in [-0.4, -0.2) is 106 Å². The summed E-state index contributed by atoms with van der Waals surface area (Å²) in [4.78, 5) is 40.7. The lowest BCUT2D eigenvalue weighted by atomic mass is 10.00. The van der Waals surface area contributed by atoms with Gasteiger partial charge in [0.05, 0.1) is 35.6 Å². The summed E-state index contributed by atoms with van der Waals surface area (Å²) >= 11 is 0. The van der Waals surface area contributed by atoms with Gasteiger partial charge in [0.25, 0.3) is 0 Å². The van der Waals surface area contributed by atoms with Crippen molar-refractivity contribution in [3.8, 4) is 11.8 Å². The molecule has 16 heteroatoms. The number of guanidine groups is 1. The first-order valence-electron chi connectivity index (χ1n) is 18.4. The highest BCUT2D eigenvalue weighted by Crippen LogP contribution is 2.35. The van der Waals surface area contributed by atoms with Crippen molar-refractivity contribution in [2.45, 2.75) is 65.3 Å². The van der Waals surface area contributed by atoms with E-state index in [-0.39, 0.29) is 42.6 Å². The summed E-state index contributed by atoms with van der Waals surface area (Å²) in [6, 6.07) is 7.27. The molecule has 5 heterocycles. The van der Waals surface area contributed by atoms with Crippen molar-refractivity contribution in [1.29, 1.82) is 0 Å². The number of carbonyl (C=O) groups is 2. The number of hydrogen-bond donors (Lipinski definition) is 3. The maximum atomic E-state index is 14.1. The highest BCUT2D eigenvalue weighted by Gasteiger charge is 2.38. The summed E-state index contributed by atoms with van der Waals surface area (Å²) in [6.45, 7) is 11.8. The largest absolute Gasteiger partial charge is 0.480 e. The monoisotopic (exact) mass is 773 g/mol. The lowest BCUT2D eigenvalue weighted by Gasteiger charge is -2.36. The van der Waals surface area contributed by atoms with Gasteiger partial charge in [-0.2, -0.15) is 13.2 Å². The number of rotatable bonds is 9. The van der Waals surface area contributed by atoms with Crippen LogP contribution in [-0.2, 0) is 42.1 Å². The number of aliphatic hydroxyl groups excluding tert-OH is 1. The van der Waals surface area contributed by atoms with Gasteiger partial charge in [0.1, 0.15) is 18.3 Å². The summed E-state index contributed by atoms with van der Waals surface area (Å²) in [5.74, 6) is 5.59. The zero-order valence-electron chi connectivity index (χ0n) is 32.1. The lowest BCUT2D eigenvalue weighted by Crippen LogP contribution is -2.50. The van der Waals surface area contributed by atoms with E-state index in [1.807, 2.05) is 9.47 Å². The molecule has 0 radical (unpaired) electrons. The Morgan fingerprint density at radius 1 is 1.14 bits per heavy atom. The van der Waals surface area contributed by atoms with Crippen LogP contribution >= 0.6 is 0 Å². The summed E-state index contributed by atoms with van der Waals surface area (Å²) in [5, 5.41) is 13.3. The minimum Gasteiger partial charge on any atom is -0.352 e. The Kier molecular flexibility index (Phi) is 11.7. The van der Waals surface area contributed by atoms with Gasteiger partial charge in [0.2, 0.25) is 30.2 Å². The SMILES string of the molecule is CCN1CCN(Cc2ccc(NC(=O)Cc3cncc(C#C[C+]4C=[N+]=C(N)N=C4c4cc5[c-]([n+]4C)CCN(C(O)OC(C)(C)C)C5=O)c3)cc2C(F)(F)F)CC1. The van der Waals surface area contributed by atoms with Crippen LogP contribution in [0.25, 0.3) is 0 Å². The average molecular weight is 774 g/mol. The molecule has 4 N–H and O–H groups in total. The molecule has 294 valence electrons. The maximum absolute atomic E-state index is 14.1. The molecule has 1 aromatic carbocycles. The number of pyridine rings is 1. The minimum atomic E-state index is -4.59. The van der Waals surface area contributed by atoms with Crippen molar-refractivity contribution in [1.82, 2.24) is 24.4 Å². The molecule has 2 amide bonds. The van der Waals surface area contributed by atoms with Gasteiger partial charge in [-0.3, -0.25) is 25.0 Å². The van der Waals surface area contributed by atoms with Crippen LogP contribution in [0.3, 0.4) is 0 Å². The second-order valence-electron chi connectivity index (χ2n) is 14.9. The molecule has 0 spiro atoms. The third kappa shape index (κ3) is 9.50. The van der Waals surface area contributed by atoms with Crippen LogP contribution in [0.4, 0.5) is 18.9 Å². The molecule has 0 bridgehead atoms. The number of aliphatic hydroxyl groups is 1. The highest BCUT2D eigenvalue weighted by atomic mass is 19.4. The third-order valence-electron chi connectivity index (χ3n) is 9.72. The number of piperazine rings is 1. The number of nitrogens with two attached hydrogens (primary N) is 1. The molecule has 3 aliphatic rings. The molecule has 0 saturated carbocycles. The third-order valence-corrected chi connectivity index (χ3v) is 9.72. The van der Waals surface area contributed by atoms with E-state index in [1.165, 1.54) is 35.6 Å². The first-order chi connectivity index (χ1) is 26.5. The molecular formula is C40H46F3N9O4+2. The van der Waals surface area contributed by atoms with Crippen LogP contribution in [0.2, 0.25) is 0 Å². The second-order valence-corrected chi connectivity index (χ2v) is 14.9. The fourth-order valence-electron chi connectivity index (χ4n) is 6.86. The normalized spacial score (nSPS) is 17.2. The molecule has 13 nitrogen and oxygen atoms in total.